The van der Waals surface area contributed by atoms with Crippen molar-refractivity contribution in [2.75, 3.05) is 7.11 Å². The Morgan fingerprint density at radius 2 is 1.61 bits per heavy atom. The Balaban J connectivity index is 1.93. The summed E-state index contributed by atoms with van der Waals surface area (Å²) >= 11 is 0. The highest BCUT2D eigenvalue weighted by molar-refractivity contribution is 6.07. The monoisotopic (exact) mass is 306 g/mol. The van der Waals surface area contributed by atoms with Gasteiger partial charge in [0.1, 0.15) is 0 Å². The molecule has 0 saturated heterocycles. The van der Waals surface area contributed by atoms with Crippen molar-refractivity contribution in [2.45, 2.75) is 0 Å². The molecule has 23 heavy (non-hydrogen) atoms. The van der Waals surface area contributed by atoms with Crippen molar-refractivity contribution in [1.29, 1.82) is 0 Å². The number of ether oxygens (including phenoxy) is 1. The van der Waals surface area contributed by atoms with E-state index < -0.39 is 5.97 Å². The fourth-order valence-corrected chi connectivity index (χ4v) is 2.27. The number of hydrogen-bond donors (Lipinski definition) is 0. The van der Waals surface area contributed by atoms with Crippen LogP contribution in [0.1, 0.15) is 26.5 Å². The molecule has 0 aliphatic rings. The predicted octanol–water partition coefficient (Wildman–Crippen LogP) is 2.89. The molecule has 0 bridgehead atoms. The molecule has 1 heterocycles. The van der Waals surface area contributed by atoms with E-state index in [2.05, 4.69) is 9.72 Å². The van der Waals surface area contributed by atoms with E-state index in [0.717, 1.165) is 5.69 Å². The first-order valence-electron chi connectivity index (χ1n) is 7.02. The first kappa shape index (κ1) is 14.7. The largest absolute Gasteiger partial charge is 0.465 e. The molecule has 0 amide bonds. The van der Waals surface area contributed by atoms with Gasteiger partial charge in [0.25, 0.3) is 0 Å². The van der Waals surface area contributed by atoms with Crippen LogP contribution in [0.4, 0.5) is 0 Å². The van der Waals surface area contributed by atoms with E-state index in [1.165, 1.54) is 7.11 Å². The molecular formula is C18H14N2O3. The molecule has 0 aliphatic heterocycles. The SMILES string of the molecule is COC(=O)c1ccc(C(=O)c2nccn2-c2ccccc2)cc1. The van der Waals surface area contributed by atoms with Gasteiger partial charge in [-0.1, -0.05) is 30.3 Å². The van der Waals surface area contributed by atoms with Gasteiger partial charge in [-0.15, -0.1) is 0 Å². The molecule has 0 atom stereocenters. The smallest absolute Gasteiger partial charge is 0.337 e. The molecule has 0 saturated carbocycles. The van der Waals surface area contributed by atoms with E-state index in [9.17, 15) is 9.59 Å². The lowest BCUT2D eigenvalue weighted by molar-refractivity contribution is 0.0600. The van der Waals surface area contributed by atoms with E-state index in [4.69, 9.17) is 0 Å². The average molecular weight is 306 g/mol. The number of ketones is 1. The summed E-state index contributed by atoms with van der Waals surface area (Å²) in [5.41, 5.74) is 1.72. The number of carbonyl (C=O) groups excluding carboxylic acids is 2. The molecular weight excluding hydrogens is 292 g/mol. The molecule has 0 aliphatic carbocycles. The topological polar surface area (TPSA) is 61.2 Å². The second kappa shape index (κ2) is 6.27. The lowest BCUT2D eigenvalue weighted by Gasteiger charge is -2.07. The van der Waals surface area contributed by atoms with Crippen LogP contribution < -0.4 is 0 Å². The van der Waals surface area contributed by atoms with Crippen LogP contribution in [0.25, 0.3) is 5.69 Å². The summed E-state index contributed by atoms with van der Waals surface area (Å²) in [4.78, 5) is 28.3. The van der Waals surface area contributed by atoms with Gasteiger partial charge in [-0.3, -0.25) is 9.36 Å². The number of benzene rings is 2. The molecule has 0 unspecified atom stereocenters. The Bertz CT molecular complexity index is 836. The molecule has 3 aromatic rings. The second-order valence-corrected chi connectivity index (χ2v) is 4.85. The summed E-state index contributed by atoms with van der Waals surface area (Å²) in [6.45, 7) is 0. The van der Waals surface area contributed by atoms with E-state index >= 15 is 0 Å². The molecule has 114 valence electrons. The average Bonchev–Trinajstić information content (AvgIpc) is 3.11. The van der Waals surface area contributed by atoms with Crippen LogP contribution in [0.5, 0.6) is 0 Å². The zero-order valence-electron chi connectivity index (χ0n) is 12.5. The molecule has 2 aromatic carbocycles. The van der Waals surface area contributed by atoms with Gasteiger partial charge >= 0.3 is 5.97 Å². The molecule has 1 aromatic heterocycles. The maximum Gasteiger partial charge on any atom is 0.337 e. The fraction of sp³-hybridized carbons (Fsp3) is 0.0556. The quantitative estimate of drug-likeness (QED) is 0.549. The minimum atomic E-state index is -0.435. The third-order valence-corrected chi connectivity index (χ3v) is 3.45. The number of methoxy groups -OCH3 is 1. The molecule has 5 heteroatoms. The van der Waals surface area contributed by atoms with Crippen molar-refractivity contribution in [2.24, 2.45) is 0 Å². The van der Waals surface area contributed by atoms with E-state index in [-0.39, 0.29) is 5.78 Å². The first-order valence-corrected chi connectivity index (χ1v) is 7.02. The Morgan fingerprint density at radius 3 is 2.26 bits per heavy atom. The van der Waals surface area contributed by atoms with Gasteiger partial charge < -0.3 is 4.74 Å². The maximum atomic E-state index is 12.7. The van der Waals surface area contributed by atoms with Gasteiger partial charge in [0, 0.05) is 23.6 Å². The van der Waals surface area contributed by atoms with Crippen LogP contribution in [0, 0.1) is 0 Å². The lowest BCUT2D eigenvalue weighted by Crippen LogP contribution is -2.10. The normalized spacial score (nSPS) is 10.3. The number of para-hydroxylation sites is 1. The predicted molar refractivity (Wildman–Crippen MR) is 84.8 cm³/mol. The van der Waals surface area contributed by atoms with Crippen LogP contribution >= 0.6 is 0 Å². The van der Waals surface area contributed by atoms with Crippen molar-refractivity contribution >= 4 is 11.8 Å². The minimum absolute atomic E-state index is 0.213. The number of aromatic nitrogens is 2. The van der Waals surface area contributed by atoms with Gasteiger partial charge in [-0.25, -0.2) is 9.78 Å². The van der Waals surface area contributed by atoms with Crippen LogP contribution in [0.3, 0.4) is 0 Å². The number of esters is 1. The van der Waals surface area contributed by atoms with Gasteiger partial charge in [-0.2, -0.15) is 0 Å². The van der Waals surface area contributed by atoms with Gasteiger partial charge in [0.15, 0.2) is 5.82 Å². The minimum Gasteiger partial charge on any atom is -0.465 e. The van der Waals surface area contributed by atoms with Crippen LogP contribution in [0.2, 0.25) is 0 Å². The summed E-state index contributed by atoms with van der Waals surface area (Å²) < 4.78 is 6.38. The van der Waals surface area contributed by atoms with Crippen molar-refractivity contribution < 1.29 is 14.3 Å². The Morgan fingerprint density at radius 1 is 0.957 bits per heavy atom. The van der Waals surface area contributed by atoms with Gasteiger partial charge in [0.05, 0.1) is 12.7 Å². The second-order valence-electron chi connectivity index (χ2n) is 4.85. The summed E-state index contributed by atoms with van der Waals surface area (Å²) in [5.74, 6) is -0.327. The van der Waals surface area contributed by atoms with E-state index in [1.54, 1.807) is 41.2 Å². The number of imidazole rings is 1. The number of rotatable bonds is 4. The zero-order valence-corrected chi connectivity index (χ0v) is 12.5. The van der Waals surface area contributed by atoms with E-state index in [1.807, 2.05) is 30.3 Å². The van der Waals surface area contributed by atoms with Crippen LogP contribution in [-0.4, -0.2) is 28.4 Å². The Labute approximate surface area is 133 Å². The maximum absolute atomic E-state index is 12.7. The summed E-state index contributed by atoms with van der Waals surface area (Å²) in [6.07, 6.45) is 3.33. The molecule has 0 radical (unpaired) electrons. The third-order valence-electron chi connectivity index (χ3n) is 3.45. The highest BCUT2D eigenvalue weighted by Gasteiger charge is 2.16. The summed E-state index contributed by atoms with van der Waals surface area (Å²) in [7, 11) is 1.32. The Kier molecular flexibility index (Phi) is 4.01. The molecule has 5 nitrogen and oxygen atoms in total. The van der Waals surface area contributed by atoms with Crippen molar-refractivity contribution in [3.8, 4) is 5.69 Å². The van der Waals surface area contributed by atoms with Gasteiger partial charge in [0.2, 0.25) is 5.78 Å². The molecule has 0 spiro atoms. The summed E-state index contributed by atoms with van der Waals surface area (Å²) in [6, 6.07) is 15.8. The van der Waals surface area contributed by atoms with Crippen molar-refractivity contribution in [1.82, 2.24) is 9.55 Å². The van der Waals surface area contributed by atoms with Gasteiger partial charge in [-0.05, 0) is 24.3 Å². The zero-order chi connectivity index (χ0) is 16.2. The Hall–Kier alpha value is -3.21. The lowest BCUT2D eigenvalue weighted by atomic mass is 10.1. The van der Waals surface area contributed by atoms with Crippen LogP contribution in [-0.2, 0) is 4.74 Å². The van der Waals surface area contributed by atoms with Crippen LogP contribution in [0.15, 0.2) is 67.0 Å². The highest BCUT2D eigenvalue weighted by Crippen LogP contribution is 2.15. The molecule has 3 rings (SSSR count). The number of nitrogens with zero attached hydrogens (tertiary/aromatic N) is 2. The molecule has 0 N–H and O–H groups in total. The highest BCUT2D eigenvalue weighted by atomic mass is 16.5. The number of carbonyl (C=O) groups is 2. The fourth-order valence-electron chi connectivity index (χ4n) is 2.27. The standard InChI is InChI=1S/C18H14N2O3/c1-23-18(22)14-9-7-13(8-10-14)16(21)17-19-11-12-20(17)15-5-3-2-4-6-15/h2-12H,1H3. The first-order chi connectivity index (χ1) is 11.2. The van der Waals surface area contributed by atoms with Crippen molar-refractivity contribution in [3.63, 3.8) is 0 Å². The number of hydrogen-bond acceptors (Lipinski definition) is 4. The third kappa shape index (κ3) is 2.89. The van der Waals surface area contributed by atoms with E-state index in [0.29, 0.717) is 17.0 Å². The summed E-state index contributed by atoms with van der Waals surface area (Å²) in [5, 5.41) is 0. The van der Waals surface area contributed by atoms with Crippen molar-refractivity contribution in [3.05, 3.63) is 83.9 Å². The molecule has 0 fully saturated rings.